The van der Waals surface area contributed by atoms with Crippen LogP contribution in [-0.2, 0) is 4.74 Å². The highest BCUT2D eigenvalue weighted by Gasteiger charge is 2.46. The molecule has 92 valence electrons. The zero-order valence-corrected chi connectivity index (χ0v) is 10.6. The fourth-order valence-corrected chi connectivity index (χ4v) is 3.21. The predicted octanol–water partition coefficient (Wildman–Crippen LogP) is 1.35. The summed E-state index contributed by atoms with van der Waals surface area (Å²) in [5, 5.41) is 0. The first-order valence-electron chi connectivity index (χ1n) is 6.30. The van der Waals surface area contributed by atoms with Gasteiger partial charge in [0.25, 0.3) is 0 Å². The van der Waals surface area contributed by atoms with Gasteiger partial charge in [-0.15, -0.1) is 0 Å². The lowest BCUT2D eigenvalue weighted by atomic mass is 9.83. The molecule has 0 aromatic rings. The van der Waals surface area contributed by atoms with E-state index in [2.05, 4.69) is 30.7 Å². The molecule has 16 heavy (non-hydrogen) atoms. The van der Waals surface area contributed by atoms with Gasteiger partial charge < -0.3 is 15.4 Å². The molecule has 2 aliphatic rings. The molecule has 0 saturated carbocycles. The summed E-state index contributed by atoms with van der Waals surface area (Å²) in [5.41, 5.74) is 6.13. The summed E-state index contributed by atoms with van der Waals surface area (Å²) in [6.45, 7) is 8.34. The Kier molecular flexibility index (Phi) is 3.10. The van der Waals surface area contributed by atoms with Gasteiger partial charge in [-0.3, -0.25) is 4.99 Å². The molecule has 1 saturated heterocycles. The van der Waals surface area contributed by atoms with Crippen LogP contribution in [-0.4, -0.2) is 41.7 Å². The molecular weight excluding hydrogens is 202 g/mol. The molecule has 2 aliphatic heterocycles. The molecule has 0 radical (unpaired) electrons. The summed E-state index contributed by atoms with van der Waals surface area (Å²) in [6, 6.07) is 0. The third-order valence-corrected chi connectivity index (χ3v) is 3.63. The summed E-state index contributed by atoms with van der Waals surface area (Å²) in [4.78, 5) is 6.75. The molecule has 1 fully saturated rings. The predicted molar refractivity (Wildman–Crippen MR) is 65.5 cm³/mol. The molecule has 0 aliphatic carbocycles. The molecule has 2 unspecified atom stereocenters. The number of aliphatic imine (C=N–C) groups is 1. The Morgan fingerprint density at radius 1 is 1.44 bits per heavy atom. The van der Waals surface area contributed by atoms with E-state index in [4.69, 9.17) is 10.5 Å². The Labute approximate surface area is 97.9 Å². The van der Waals surface area contributed by atoms with Crippen LogP contribution in [0.1, 0.15) is 40.0 Å². The fourth-order valence-electron chi connectivity index (χ4n) is 3.21. The van der Waals surface area contributed by atoms with Crippen molar-refractivity contribution >= 4 is 5.96 Å². The van der Waals surface area contributed by atoms with Gasteiger partial charge in [0, 0.05) is 6.54 Å². The lowest BCUT2D eigenvalue weighted by Crippen LogP contribution is -2.57. The topological polar surface area (TPSA) is 50.8 Å². The molecule has 2 heterocycles. The van der Waals surface area contributed by atoms with E-state index >= 15 is 0 Å². The minimum Gasteiger partial charge on any atom is -0.375 e. The zero-order chi connectivity index (χ0) is 11.8. The SMILES string of the molecule is CCCN1C(N)=NCC12CC(C)OC(C)C2. The van der Waals surface area contributed by atoms with E-state index in [1.165, 1.54) is 0 Å². The van der Waals surface area contributed by atoms with E-state index in [1.54, 1.807) is 0 Å². The average molecular weight is 225 g/mol. The highest BCUT2D eigenvalue weighted by molar-refractivity contribution is 5.81. The second-order valence-electron chi connectivity index (χ2n) is 5.22. The second-order valence-corrected chi connectivity index (χ2v) is 5.22. The van der Waals surface area contributed by atoms with Crippen molar-refractivity contribution in [1.82, 2.24) is 4.90 Å². The van der Waals surface area contributed by atoms with E-state index in [0.717, 1.165) is 38.3 Å². The minimum atomic E-state index is 0.136. The summed E-state index contributed by atoms with van der Waals surface area (Å²) in [6.07, 6.45) is 3.82. The van der Waals surface area contributed by atoms with Crippen LogP contribution >= 0.6 is 0 Å². The maximum atomic E-state index is 6.00. The monoisotopic (exact) mass is 225 g/mol. The van der Waals surface area contributed by atoms with E-state index in [-0.39, 0.29) is 5.54 Å². The summed E-state index contributed by atoms with van der Waals surface area (Å²) < 4.78 is 5.82. The third-order valence-electron chi connectivity index (χ3n) is 3.63. The lowest BCUT2D eigenvalue weighted by Gasteiger charge is -2.46. The summed E-state index contributed by atoms with van der Waals surface area (Å²) in [5.74, 6) is 0.725. The first-order chi connectivity index (χ1) is 7.57. The van der Waals surface area contributed by atoms with Gasteiger partial charge >= 0.3 is 0 Å². The normalized spacial score (nSPS) is 39.2. The molecule has 2 rings (SSSR count). The Bertz CT molecular complexity index is 280. The van der Waals surface area contributed by atoms with Crippen LogP contribution in [0.2, 0.25) is 0 Å². The van der Waals surface area contributed by atoms with Crippen molar-refractivity contribution in [1.29, 1.82) is 0 Å². The highest BCUT2D eigenvalue weighted by atomic mass is 16.5. The van der Waals surface area contributed by atoms with Crippen molar-refractivity contribution in [3.05, 3.63) is 0 Å². The number of hydrogen-bond acceptors (Lipinski definition) is 4. The van der Waals surface area contributed by atoms with Crippen LogP contribution in [0, 0.1) is 0 Å². The van der Waals surface area contributed by atoms with Crippen LogP contribution < -0.4 is 5.73 Å². The van der Waals surface area contributed by atoms with Gasteiger partial charge in [-0.25, -0.2) is 0 Å². The minimum absolute atomic E-state index is 0.136. The molecule has 4 heteroatoms. The lowest BCUT2D eigenvalue weighted by molar-refractivity contribution is -0.0841. The maximum Gasteiger partial charge on any atom is 0.191 e. The van der Waals surface area contributed by atoms with Gasteiger partial charge in [0.05, 0.1) is 24.3 Å². The molecule has 2 atom stereocenters. The second kappa shape index (κ2) is 4.24. The smallest absolute Gasteiger partial charge is 0.191 e. The molecule has 4 nitrogen and oxygen atoms in total. The molecule has 1 spiro atoms. The number of rotatable bonds is 2. The van der Waals surface area contributed by atoms with Crippen LogP contribution in [0.4, 0.5) is 0 Å². The zero-order valence-electron chi connectivity index (χ0n) is 10.6. The standard InChI is InChI=1S/C12H23N3O/c1-4-5-15-11(13)14-8-12(15)6-9(2)16-10(3)7-12/h9-10H,4-8H2,1-3H3,(H2,13,14). The van der Waals surface area contributed by atoms with Crippen molar-refractivity contribution in [2.24, 2.45) is 10.7 Å². The fraction of sp³-hybridized carbons (Fsp3) is 0.917. The number of hydrogen-bond donors (Lipinski definition) is 1. The van der Waals surface area contributed by atoms with Crippen LogP contribution in [0.3, 0.4) is 0 Å². The van der Waals surface area contributed by atoms with E-state index in [1.807, 2.05) is 0 Å². The van der Waals surface area contributed by atoms with Crippen LogP contribution in [0.15, 0.2) is 4.99 Å². The van der Waals surface area contributed by atoms with Gasteiger partial charge in [0.15, 0.2) is 5.96 Å². The van der Waals surface area contributed by atoms with Gasteiger partial charge in [0.1, 0.15) is 0 Å². The molecule has 0 aromatic heterocycles. The van der Waals surface area contributed by atoms with Crippen molar-refractivity contribution in [3.63, 3.8) is 0 Å². The van der Waals surface area contributed by atoms with Gasteiger partial charge in [-0.05, 0) is 33.1 Å². The van der Waals surface area contributed by atoms with Crippen molar-refractivity contribution in [2.45, 2.75) is 57.8 Å². The Morgan fingerprint density at radius 3 is 2.62 bits per heavy atom. The van der Waals surface area contributed by atoms with E-state index in [0.29, 0.717) is 12.2 Å². The van der Waals surface area contributed by atoms with E-state index in [9.17, 15) is 0 Å². The molecular formula is C12H23N3O. The van der Waals surface area contributed by atoms with Gasteiger partial charge in [-0.1, -0.05) is 6.92 Å². The Balaban J connectivity index is 2.17. The van der Waals surface area contributed by atoms with Crippen LogP contribution in [0.5, 0.6) is 0 Å². The Hall–Kier alpha value is -0.770. The first kappa shape index (κ1) is 11.7. The average Bonchev–Trinajstić information content (AvgIpc) is 2.46. The number of nitrogens with two attached hydrogens (primary N) is 1. The maximum absolute atomic E-state index is 6.00. The molecule has 2 N–H and O–H groups in total. The van der Waals surface area contributed by atoms with Crippen molar-refractivity contribution in [3.8, 4) is 0 Å². The Morgan fingerprint density at radius 2 is 2.06 bits per heavy atom. The molecule has 0 aromatic carbocycles. The third kappa shape index (κ3) is 1.90. The van der Waals surface area contributed by atoms with Crippen LogP contribution in [0.25, 0.3) is 0 Å². The van der Waals surface area contributed by atoms with Gasteiger partial charge in [-0.2, -0.15) is 0 Å². The van der Waals surface area contributed by atoms with Crippen molar-refractivity contribution < 1.29 is 4.74 Å². The quantitative estimate of drug-likeness (QED) is 0.772. The van der Waals surface area contributed by atoms with Crippen molar-refractivity contribution in [2.75, 3.05) is 13.1 Å². The largest absolute Gasteiger partial charge is 0.375 e. The number of nitrogens with zero attached hydrogens (tertiary/aromatic N) is 2. The van der Waals surface area contributed by atoms with Gasteiger partial charge in [0.2, 0.25) is 0 Å². The number of guanidine groups is 1. The highest BCUT2D eigenvalue weighted by Crippen LogP contribution is 2.37. The first-order valence-corrected chi connectivity index (χ1v) is 6.30. The van der Waals surface area contributed by atoms with E-state index < -0.39 is 0 Å². The summed E-state index contributed by atoms with van der Waals surface area (Å²) in [7, 11) is 0. The summed E-state index contributed by atoms with van der Waals surface area (Å²) >= 11 is 0. The molecule has 0 amide bonds. The molecule has 0 bridgehead atoms. The number of ether oxygens (including phenoxy) is 1.